The number of nitrogen functional groups attached to an aromatic ring is 1. The molecular weight excluding hydrogens is 584 g/mol. The van der Waals surface area contributed by atoms with E-state index in [0.717, 1.165) is 0 Å². The van der Waals surface area contributed by atoms with E-state index in [0.29, 0.717) is 0 Å². The fourth-order valence-corrected chi connectivity index (χ4v) is 2.62. The highest BCUT2D eigenvalue weighted by Gasteiger charge is 2.44. The number of anilines is 1. The van der Waals surface area contributed by atoms with Gasteiger partial charge in [-0.05, 0) is 18.5 Å². The minimum Gasteiger partial charge on any atom is -0.389 e. The van der Waals surface area contributed by atoms with Crippen LogP contribution in [-0.2, 0) is 18.4 Å². The molecule has 0 saturated carbocycles. The second-order valence-corrected chi connectivity index (χ2v) is 9.99. The van der Waals surface area contributed by atoms with Crippen LogP contribution in [0.1, 0.15) is 19.6 Å². The zero-order valence-corrected chi connectivity index (χ0v) is 21.1. The third-order valence-electron chi connectivity index (χ3n) is 3.66. The van der Waals surface area contributed by atoms with E-state index in [2.05, 4.69) is 15.9 Å². The Bertz CT molecular complexity index is 1170. The number of nitrogens with zero attached hydrogens (tertiary/aromatic N) is 3. The van der Waals surface area contributed by atoms with Gasteiger partial charge in [0.25, 0.3) is 0 Å². The molecule has 1 fully saturated rings. The van der Waals surface area contributed by atoms with Crippen LogP contribution in [0.4, 0.5) is 10.2 Å². The van der Waals surface area contributed by atoms with Gasteiger partial charge in [-0.25, -0.2) is 23.1 Å². The minimum absolute atomic E-state index is 0.0560. The lowest BCUT2D eigenvalue weighted by molar-refractivity contribution is -0.0513. The van der Waals surface area contributed by atoms with E-state index >= 15 is 0 Å². The number of rotatable bonds is 1. The molecule has 3 rings (SSSR count). The van der Waals surface area contributed by atoms with E-state index in [1.165, 1.54) is 10.8 Å². The number of fused-ring (bicyclic) bond motifs is 1. The van der Waals surface area contributed by atoms with E-state index in [-0.39, 0.29) is 28.6 Å². The van der Waals surface area contributed by atoms with Gasteiger partial charge in [-0.1, -0.05) is 5.92 Å². The van der Waals surface area contributed by atoms with Crippen LogP contribution < -0.4 is 5.73 Å². The lowest BCUT2D eigenvalue weighted by Crippen LogP contribution is -2.33. The van der Waals surface area contributed by atoms with Gasteiger partial charge in [0.05, 0.1) is 11.5 Å². The first-order valence-electron chi connectivity index (χ1n) is 8.53. The predicted octanol–water partition coefficient (Wildman–Crippen LogP) is -1.31. The van der Waals surface area contributed by atoms with Gasteiger partial charge in [0.2, 0.25) is 5.28 Å². The third kappa shape index (κ3) is 13.7. The van der Waals surface area contributed by atoms with Crippen molar-refractivity contribution >= 4 is 51.9 Å². The summed E-state index contributed by atoms with van der Waals surface area (Å²) in [6.45, 7) is 1.59. The van der Waals surface area contributed by atoms with E-state index in [4.69, 9.17) is 86.2 Å². The summed E-state index contributed by atoms with van der Waals surface area (Å²) >= 11 is 5.76. The van der Waals surface area contributed by atoms with Crippen molar-refractivity contribution in [1.29, 1.82) is 0 Å². The highest BCUT2D eigenvalue weighted by molar-refractivity contribution is 7.45. The Kier molecular flexibility index (Phi) is 12.3. The monoisotopic (exact) mass is 604 g/mol. The van der Waals surface area contributed by atoms with Crippen molar-refractivity contribution in [2.75, 3.05) is 5.73 Å². The van der Waals surface area contributed by atoms with Crippen LogP contribution in [0, 0.1) is 18.2 Å². The summed E-state index contributed by atoms with van der Waals surface area (Å²) in [4.78, 5) is 72.4. The summed E-state index contributed by atoms with van der Waals surface area (Å²) in [5.41, 5.74) is 4.72. The first-order valence-corrected chi connectivity index (χ1v) is 13.6. The zero-order chi connectivity index (χ0) is 28.9. The fourth-order valence-electron chi connectivity index (χ4n) is 2.45. The van der Waals surface area contributed by atoms with Crippen LogP contribution in [0.2, 0.25) is 5.28 Å². The van der Waals surface area contributed by atoms with Crippen molar-refractivity contribution in [1.82, 2.24) is 14.5 Å². The summed E-state index contributed by atoms with van der Waals surface area (Å²) in [6, 6.07) is 0. The van der Waals surface area contributed by atoms with Crippen molar-refractivity contribution in [3.8, 4) is 12.3 Å². The van der Waals surface area contributed by atoms with Gasteiger partial charge in [-0.15, -0.1) is 6.42 Å². The van der Waals surface area contributed by atoms with Crippen molar-refractivity contribution in [3.63, 3.8) is 0 Å². The molecule has 0 aliphatic carbocycles. The molecule has 23 heteroatoms. The molecule has 0 radical (unpaired) electrons. The molecule has 1 aliphatic heterocycles. The van der Waals surface area contributed by atoms with Gasteiger partial charge in [0.15, 0.2) is 17.1 Å². The number of halogens is 2. The Balaban J connectivity index is 0.000000672. The van der Waals surface area contributed by atoms with Gasteiger partial charge in [0, 0.05) is 12.6 Å². The summed E-state index contributed by atoms with van der Waals surface area (Å²) < 4.78 is 47.8. The fraction of sp³-hybridized carbons (Fsp3) is 0.385. The maximum atomic E-state index is 14.0. The SMILES string of the molecule is C#C[C@@]1(C)O[C@@H](n2cc(F)c3c(N)nc(Cl)nc32)C[C@@H]1O.O=P(O)(O)O.O=P(O)(O)O.O=P(O)(O)O. The number of phosphoric acid groups is 3. The summed E-state index contributed by atoms with van der Waals surface area (Å²) in [5.74, 6) is 1.76. The first kappa shape index (κ1) is 34.5. The van der Waals surface area contributed by atoms with Crippen molar-refractivity contribution in [2.24, 2.45) is 0 Å². The molecule has 2 aromatic heterocycles. The average Bonchev–Trinajstić information content (AvgIpc) is 3.08. The Morgan fingerprint density at radius 2 is 1.53 bits per heavy atom. The standard InChI is InChI=1S/C13H12ClFN4O2.3H3O4P/c1-3-13(2)7(20)4-8(21-13)19-5-6(15)9-10(16)17-12(14)18-11(9)19;3*1-5(2,3)4/h1,5,7-8,20H,4H2,2H3,(H2,16,17,18);3*(H3,1,2,3,4)/t7-,8+,13+;;;/m0.../s1. The van der Waals surface area contributed by atoms with Gasteiger partial charge < -0.3 is 64.2 Å². The molecule has 2 aromatic rings. The van der Waals surface area contributed by atoms with Crippen molar-refractivity contribution < 1.29 is 72.0 Å². The molecule has 206 valence electrons. The van der Waals surface area contributed by atoms with Crippen LogP contribution >= 0.6 is 35.1 Å². The topological polar surface area (TPSA) is 319 Å². The Labute approximate surface area is 205 Å². The second kappa shape index (κ2) is 12.8. The molecule has 12 N–H and O–H groups in total. The number of nitrogens with two attached hydrogens (primary N) is 1. The van der Waals surface area contributed by atoms with Crippen LogP contribution in [0.25, 0.3) is 11.0 Å². The zero-order valence-electron chi connectivity index (χ0n) is 17.6. The number of hydrogen-bond acceptors (Lipinski definition) is 8. The molecule has 0 bridgehead atoms. The van der Waals surface area contributed by atoms with Crippen LogP contribution in [0.15, 0.2) is 6.20 Å². The van der Waals surface area contributed by atoms with Crippen LogP contribution in [0.5, 0.6) is 0 Å². The molecule has 0 spiro atoms. The number of ether oxygens (including phenoxy) is 1. The minimum atomic E-state index is -4.64. The molecule has 0 aromatic carbocycles. The number of aromatic nitrogens is 3. The number of terminal acetylenes is 1. The number of aliphatic hydroxyl groups is 1. The Morgan fingerprint density at radius 3 is 1.89 bits per heavy atom. The highest BCUT2D eigenvalue weighted by Crippen LogP contribution is 2.39. The van der Waals surface area contributed by atoms with E-state index in [1.807, 2.05) is 0 Å². The molecule has 3 atom stereocenters. The molecule has 0 unspecified atom stereocenters. The maximum Gasteiger partial charge on any atom is 0.466 e. The smallest absolute Gasteiger partial charge is 0.389 e. The molecule has 1 saturated heterocycles. The van der Waals surface area contributed by atoms with Crippen molar-refractivity contribution in [3.05, 3.63) is 17.3 Å². The molecule has 0 amide bonds. The summed E-state index contributed by atoms with van der Waals surface area (Å²) in [5, 5.41) is 9.97. The van der Waals surface area contributed by atoms with E-state index in [9.17, 15) is 9.50 Å². The van der Waals surface area contributed by atoms with E-state index in [1.54, 1.807) is 6.92 Å². The molecule has 18 nitrogen and oxygen atoms in total. The van der Waals surface area contributed by atoms with Gasteiger partial charge in [-0.2, -0.15) is 4.98 Å². The summed E-state index contributed by atoms with van der Waals surface area (Å²) in [6.07, 6.45) is 5.23. The maximum absolute atomic E-state index is 14.0. The van der Waals surface area contributed by atoms with Crippen LogP contribution in [0.3, 0.4) is 0 Å². The third-order valence-corrected chi connectivity index (χ3v) is 3.83. The molecule has 36 heavy (non-hydrogen) atoms. The lowest BCUT2D eigenvalue weighted by atomic mass is 10.0. The Hall–Kier alpha value is -1.55. The predicted molar refractivity (Wildman–Crippen MR) is 118 cm³/mol. The quantitative estimate of drug-likeness (QED) is 0.102. The number of hydrogen-bond donors (Lipinski definition) is 11. The van der Waals surface area contributed by atoms with Crippen molar-refractivity contribution in [2.45, 2.75) is 31.3 Å². The summed E-state index contributed by atoms with van der Waals surface area (Å²) in [7, 11) is -13.9. The first-order chi connectivity index (χ1) is 15.9. The second-order valence-electron chi connectivity index (χ2n) is 6.58. The highest BCUT2D eigenvalue weighted by atomic mass is 35.5. The van der Waals surface area contributed by atoms with Gasteiger partial charge in [0.1, 0.15) is 12.0 Å². The van der Waals surface area contributed by atoms with Gasteiger partial charge >= 0.3 is 23.5 Å². The average molecular weight is 605 g/mol. The normalized spacial score (nSPS) is 21.8. The largest absolute Gasteiger partial charge is 0.466 e. The van der Waals surface area contributed by atoms with Gasteiger partial charge in [-0.3, -0.25) is 0 Å². The number of aliphatic hydroxyl groups excluding tert-OH is 1. The molecule has 1 aliphatic rings. The molecular formula is C13H21ClFN4O14P3. The Morgan fingerprint density at radius 1 is 1.11 bits per heavy atom. The molecule has 3 heterocycles. The lowest BCUT2D eigenvalue weighted by Gasteiger charge is -2.21. The van der Waals surface area contributed by atoms with Crippen LogP contribution in [-0.4, -0.2) is 75.4 Å². The van der Waals surface area contributed by atoms with E-state index < -0.39 is 47.2 Å².